The first-order chi connectivity index (χ1) is 14.9. The van der Waals surface area contributed by atoms with Gasteiger partial charge in [-0.3, -0.25) is 0 Å². The zero-order valence-electron chi connectivity index (χ0n) is 18.9. The van der Waals surface area contributed by atoms with Gasteiger partial charge in [0.1, 0.15) is 11.6 Å². The third kappa shape index (κ3) is 4.90. The molecule has 8 nitrogen and oxygen atoms in total. The topological polar surface area (TPSA) is 96.8 Å². The van der Waals surface area contributed by atoms with Gasteiger partial charge in [0.2, 0.25) is 0 Å². The molecule has 1 saturated heterocycles. The lowest BCUT2D eigenvalue weighted by molar-refractivity contribution is 0.0629. The lowest BCUT2D eigenvalue weighted by Crippen LogP contribution is -2.35. The Balaban J connectivity index is 1.96. The van der Waals surface area contributed by atoms with E-state index in [0.29, 0.717) is 31.9 Å². The summed E-state index contributed by atoms with van der Waals surface area (Å²) in [6, 6.07) is 5.79. The first kappa shape index (κ1) is 22.8. The molecule has 0 unspecified atom stereocenters. The van der Waals surface area contributed by atoms with Crippen molar-refractivity contribution >= 4 is 11.9 Å². The number of carboxylic acid groups (broad SMARTS) is 1. The number of methoxy groups -OCH3 is 1. The zero-order chi connectivity index (χ0) is 22.5. The van der Waals surface area contributed by atoms with Crippen LogP contribution in [0.2, 0.25) is 0 Å². The fourth-order valence-corrected chi connectivity index (χ4v) is 3.99. The number of amides is 1. The molecule has 0 radical (unpaired) electrons. The number of aryl methyl sites for hydroxylation is 3. The molecule has 0 saturated carbocycles. The van der Waals surface area contributed by atoms with E-state index in [2.05, 4.69) is 12.2 Å². The second kappa shape index (κ2) is 9.96. The maximum atomic E-state index is 11.5. The summed E-state index contributed by atoms with van der Waals surface area (Å²) in [6.07, 6.45) is 0.278. The quantitative estimate of drug-likeness (QED) is 0.661. The van der Waals surface area contributed by atoms with Crippen molar-refractivity contribution in [1.29, 1.82) is 0 Å². The fourth-order valence-electron chi connectivity index (χ4n) is 3.99. The fraction of sp³-hybridized carbons (Fsp3) is 0.522. The molecule has 1 aromatic heterocycles. The summed E-state index contributed by atoms with van der Waals surface area (Å²) in [6.45, 7) is 9.29. The summed E-state index contributed by atoms with van der Waals surface area (Å²) in [7, 11) is 1.66. The van der Waals surface area contributed by atoms with Crippen molar-refractivity contribution in [2.75, 3.05) is 32.1 Å². The maximum absolute atomic E-state index is 11.5. The molecular formula is C23H32N4O4. The molecule has 0 bridgehead atoms. The number of ether oxygens (including phenoxy) is 2. The Morgan fingerprint density at radius 1 is 1.19 bits per heavy atom. The highest BCUT2D eigenvalue weighted by atomic mass is 16.5. The number of benzene rings is 1. The minimum absolute atomic E-state index is 0.172. The molecule has 2 atom stereocenters. The van der Waals surface area contributed by atoms with Gasteiger partial charge in [-0.1, -0.05) is 13.8 Å². The maximum Gasteiger partial charge on any atom is 0.407 e. The highest BCUT2D eigenvalue weighted by Gasteiger charge is 2.36. The third-order valence-corrected chi connectivity index (χ3v) is 5.64. The zero-order valence-corrected chi connectivity index (χ0v) is 18.9. The standard InChI is InChI=1S/C23H32N4O4/c1-6-17-21(16-10-9-15(30-5)11-14(16)4)24-18(7-2)22(25-17)26-19-12-27(23(28)29)13-20(19)31-8-3/h9-11,19-20H,6-8,12-13H2,1-5H3,(H,25,26)(H,28,29)/t19-,20+/m1/s1. The minimum atomic E-state index is -0.935. The summed E-state index contributed by atoms with van der Waals surface area (Å²) < 4.78 is 11.1. The molecule has 0 spiro atoms. The van der Waals surface area contributed by atoms with Crippen LogP contribution in [-0.2, 0) is 17.6 Å². The molecule has 1 aliphatic rings. The van der Waals surface area contributed by atoms with Crippen LogP contribution in [0.1, 0.15) is 37.7 Å². The number of rotatable bonds is 8. The Morgan fingerprint density at radius 2 is 1.94 bits per heavy atom. The van der Waals surface area contributed by atoms with E-state index in [-0.39, 0.29) is 12.1 Å². The van der Waals surface area contributed by atoms with Gasteiger partial charge in [0, 0.05) is 18.7 Å². The number of aromatic nitrogens is 2. The van der Waals surface area contributed by atoms with Crippen molar-refractivity contribution in [2.24, 2.45) is 0 Å². The molecule has 2 aromatic rings. The van der Waals surface area contributed by atoms with E-state index in [1.807, 2.05) is 39.0 Å². The first-order valence-electron chi connectivity index (χ1n) is 10.8. The average molecular weight is 429 g/mol. The molecule has 168 valence electrons. The van der Waals surface area contributed by atoms with Crippen LogP contribution >= 0.6 is 0 Å². The van der Waals surface area contributed by atoms with Gasteiger partial charge in [0.15, 0.2) is 0 Å². The highest BCUT2D eigenvalue weighted by molar-refractivity contribution is 5.69. The van der Waals surface area contributed by atoms with Crippen LogP contribution in [0.15, 0.2) is 18.2 Å². The van der Waals surface area contributed by atoms with E-state index < -0.39 is 6.09 Å². The number of hydrogen-bond acceptors (Lipinski definition) is 6. The van der Waals surface area contributed by atoms with Crippen LogP contribution < -0.4 is 10.1 Å². The summed E-state index contributed by atoms with van der Waals surface area (Å²) in [5, 5.41) is 12.8. The molecule has 1 aliphatic heterocycles. The number of hydrogen-bond donors (Lipinski definition) is 2. The van der Waals surface area contributed by atoms with Crippen molar-refractivity contribution in [1.82, 2.24) is 14.9 Å². The first-order valence-corrected chi connectivity index (χ1v) is 10.8. The highest BCUT2D eigenvalue weighted by Crippen LogP contribution is 2.30. The Morgan fingerprint density at radius 3 is 2.52 bits per heavy atom. The van der Waals surface area contributed by atoms with Crippen molar-refractivity contribution in [2.45, 2.75) is 52.7 Å². The average Bonchev–Trinajstić information content (AvgIpc) is 3.16. The summed E-state index contributed by atoms with van der Waals surface area (Å²) in [5.74, 6) is 1.52. The van der Waals surface area contributed by atoms with E-state index in [1.54, 1.807) is 7.11 Å². The van der Waals surface area contributed by atoms with Crippen molar-refractivity contribution < 1.29 is 19.4 Å². The van der Waals surface area contributed by atoms with Gasteiger partial charge >= 0.3 is 6.09 Å². The van der Waals surface area contributed by atoms with Gasteiger partial charge in [-0.05, 0) is 50.5 Å². The predicted octanol–water partition coefficient (Wildman–Crippen LogP) is 3.76. The van der Waals surface area contributed by atoms with Gasteiger partial charge in [-0.25, -0.2) is 14.8 Å². The van der Waals surface area contributed by atoms with Gasteiger partial charge in [0.25, 0.3) is 0 Å². The Kier molecular flexibility index (Phi) is 7.33. The third-order valence-electron chi connectivity index (χ3n) is 5.64. The number of likely N-dealkylation sites (tertiary alicyclic amines) is 1. The Bertz CT molecular complexity index is 934. The molecule has 8 heteroatoms. The van der Waals surface area contributed by atoms with Gasteiger partial charge < -0.3 is 24.8 Å². The molecule has 3 rings (SSSR count). The Labute approximate surface area is 183 Å². The van der Waals surface area contributed by atoms with Crippen LogP contribution in [0.5, 0.6) is 5.75 Å². The molecule has 2 N–H and O–H groups in total. The SMILES string of the molecule is CCO[C@H]1CN(C(=O)O)C[C@H]1Nc1nc(CC)c(-c2ccc(OC)cc2C)nc1CC. The van der Waals surface area contributed by atoms with E-state index in [1.165, 1.54) is 4.90 Å². The number of carbonyl (C=O) groups is 1. The summed E-state index contributed by atoms with van der Waals surface area (Å²) >= 11 is 0. The van der Waals surface area contributed by atoms with Crippen LogP contribution in [0.3, 0.4) is 0 Å². The van der Waals surface area contributed by atoms with Crippen LogP contribution in [-0.4, -0.2) is 65.0 Å². The minimum Gasteiger partial charge on any atom is -0.497 e. The predicted molar refractivity (Wildman–Crippen MR) is 120 cm³/mol. The van der Waals surface area contributed by atoms with Gasteiger partial charge in [-0.15, -0.1) is 0 Å². The molecule has 1 fully saturated rings. The van der Waals surface area contributed by atoms with E-state index in [9.17, 15) is 9.90 Å². The molecular weight excluding hydrogens is 396 g/mol. The van der Waals surface area contributed by atoms with Crippen LogP contribution in [0.25, 0.3) is 11.3 Å². The Hall–Kier alpha value is -2.87. The van der Waals surface area contributed by atoms with Gasteiger partial charge in [-0.2, -0.15) is 0 Å². The summed E-state index contributed by atoms with van der Waals surface area (Å²) in [4.78, 5) is 22.7. The van der Waals surface area contributed by atoms with Crippen LogP contribution in [0.4, 0.5) is 10.6 Å². The lowest BCUT2D eigenvalue weighted by Gasteiger charge is -2.22. The number of nitrogens with one attached hydrogen (secondary N) is 1. The van der Waals surface area contributed by atoms with E-state index in [4.69, 9.17) is 19.4 Å². The van der Waals surface area contributed by atoms with Crippen molar-refractivity contribution in [3.63, 3.8) is 0 Å². The second-order valence-corrected chi connectivity index (χ2v) is 7.63. The van der Waals surface area contributed by atoms with Crippen molar-refractivity contribution in [3.05, 3.63) is 35.2 Å². The summed E-state index contributed by atoms with van der Waals surface area (Å²) in [5.41, 5.74) is 4.75. The van der Waals surface area contributed by atoms with E-state index >= 15 is 0 Å². The second-order valence-electron chi connectivity index (χ2n) is 7.63. The molecule has 1 amide bonds. The van der Waals surface area contributed by atoms with Crippen LogP contribution in [0, 0.1) is 6.92 Å². The molecule has 31 heavy (non-hydrogen) atoms. The lowest BCUT2D eigenvalue weighted by atomic mass is 10.0. The monoisotopic (exact) mass is 428 g/mol. The van der Waals surface area contributed by atoms with Crippen molar-refractivity contribution in [3.8, 4) is 17.0 Å². The van der Waals surface area contributed by atoms with Gasteiger partial charge in [0.05, 0.1) is 42.9 Å². The molecule has 2 heterocycles. The molecule has 0 aliphatic carbocycles. The smallest absolute Gasteiger partial charge is 0.407 e. The van der Waals surface area contributed by atoms with E-state index in [0.717, 1.165) is 40.4 Å². The normalized spacial score (nSPS) is 18.3. The number of anilines is 1. The largest absolute Gasteiger partial charge is 0.497 e. The molecule has 1 aromatic carbocycles. The number of nitrogens with zero attached hydrogens (tertiary/aromatic N) is 3.